The molecule has 0 atom stereocenters. The van der Waals surface area contributed by atoms with Crippen molar-refractivity contribution in [2.24, 2.45) is 4.99 Å². The highest BCUT2D eigenvalue weighted by atomic mass is 32.1. The minimum Gasteiger partial charge on any atom is -0.494 e. The van der Waals surface area contributed by atoms with E-state index < -0.39 is 28.9 Å². The number of pyridine rings is 1. The zero-order valence-corrected chi connectivity index (χ0v) is 19.6. The van der Waals surface area contributed by atoms with E-state index in [9.17, 15) is 23.1 Å². The van der Waals surface area contributed by atoms with Gasteiger partial charge in [-0.05, 0) is 43.3 Å². The molecule has 0 fully saturated rings. The van der Waals surface area contributed by atoms with Crippen LogP contribution in [0, 0.1) is 0 Å². The second-order valence-electron chi connectivity index (χ2n) is 7.76. The fourth-order valence-corrected chi connectivity index (χ4v) is 4.78. The molecule has 0 amide bonds. The number of benzene rings is 3. The summed E-state index contributed by atoms with van der Waals surface area (Å²) < 4.78 is 48.2. The molecule has 5 aromatic rings. The molecule has 0 spiro atoms. The number of hydrogen-bond acceptors (Lipinski definition) is 6. The first-order valence-corrected chi connectivity index (χ1v) is 11.7. The van der Waals surface area contributed by atoms with Crippen molar-refractivity contribution < 1.29 is 23.0 Å². The van der Waals surface area contributed by atoms with Gasteiger partial charge in [-0.2, -0.15) is 13.2 Å². The predicted octanol–water partition coefficient (Wildman–Crippen LogP) is 6.47. The van der Waals surface area contributed by atoms with Crippen LogP contribution in [0.2, 0.25) is 0 Å². The maximum Gasteiger partial charge on any atom is 0.418 e. The number of fused-ring (bicyclic) bond motifs is 2. The molecular formula is C26H18F3N3O3S. The Morgan fingerprint density at radius 1 is 1.08 bits per heavy atom. The van der Waals surface area contributed by atoms with Gasteiger partial charge in [0.25, 0.3) is 5.56 Å². The third-order valence-electron chi connectivity index (χ3n) is 5.52. The molecule has 0 aliphatic carbocycles. The van der Waals surface area contributed by atoms with E-state index in [0.29, 0.717) is 33.0 Å². The van der Waals surface area contributed by atoms with Crippen LogP contribution >= 0.6 is 11.3 Å². The Morgan fingerprint density at radius 2 is 1.81 bits per heavy atom. The minimum atomic E-state index is -4.73. The number of ether oxygens (including phenoxy) is 1. The summed E-state index contributed by atoms with van der Waals surface area (Å²) in [7, 11) is 0. The second-order valence-corrected chi connectivity index (χ2v) is 8.76. The van der Waals surface area contributed by atoms with Crippen molar-refractivity contribution in [3.05, 3.63) is 88.2 Å². The lowest BCUT2D eigenvalue weighted by Gasteiger charge is -2.17. The molecule has 0 aliphatic rings. The van der Waals surface area contributed by atoms with Crippen LogP contribution in [0.25, 0.3) is 26.7 Å². The summed E-state index contributed by atoms with van der Waals surface area (Å²) in [5.41, 5.74) is -1.50. The number of rotatable bonds is 5. The Labute approximate surface area is 206 Å². The summed E-state index contributed by atoms with van der Waals surface area (Å²) in [5.74, 6) is 0.0436. The number of thiazole rings is 1. The Balaban J connectivity index is 1.69. The largest absolute Gasteiger partial charge is 0.494 e. The quantitative estimate of drug-likeness (QED) is 0.275. The van der Waals surface area contributed by atoms with Crippen molar-refractivity contribution >= 4 is 43.7 Å². The number of aromatic nitrogens is 2. The zero-order chi connectivity index (χ0) is 25.4. The molecule has 1 N–H and O–H groups in total. The predicted molar refractivity (Wildman–Crippen MR) is 134 cm³/mol. The summed E-state index contributed by atoms with van der Waals surface area (Å²) in [4.78, 5) is 22.1. The molecule has 0 saturated heterocycles. The Bertz CT molecular complexity index is 1690. The van der Waals surface area contributed by atoms with Crippen LogP contribution in [-0.4, -0.2) is 27.5 Å². The highest BCUT2D eigenvalue weighted by Crippen LogP contribution is 2.36. The van der Waals surface area contributed by atoms with E-state index in [1.165, 1.54) is 35.8 Å². The van der Waals surface area contributed by atoms with E-state index >= 15 is 0 Å². The van der Waals surface area contributed by atoms with Crippen LogP contribution in [-0.2, 0) is 6.18 Å². The van der Waals surface area contributed by atoms with Gasteiger partial charge in [0.1, 0.15) is 5.75 Å². The molecule has 2 heterocycles. The van der Waals surface area contributed by atoms with Gasteiger partial charge in [0.15, 0.2) is 0 Å². The molecule has 10 heteroatoms. The molecular weight excluding hydrogens is 491 g/mol. The summed E-state index contributed by atoms with van der Waals surface area (Å²) in [6.45, 7) is 2.41. The van der Waals surface area contributed by atoms with Gasteiger partial charge in [-0.15, -0.1) is 0 Å². The Hall–Kier alpha value is -4.18. The standard InChI is InChI=1S/C26H18F3N3O3S/c1-2-35-15-11-12-20-22(13-15)36-25(31-20)30-14-18-16-7-3-4-8-17(16)23(33)32(24(18)34)21-10-6-5-9-19(21)26(27,28)29/h3-14,34H,2H2,1H3. The van der Waals surface area contributed by atoms with Crippen molar-refractivity contribution in [3.8, 4) is 17.3 Å². The normalized spacial score (nSPS) is 12.1. The number of halogens is 3. The van der Waals surface area contributed by atoms with Gasteiger partial charge >= 0.3 is 6.18 Å². The molecule has 6 nitrogen and oxygen atoms in total. The van der Waals surface area contributed by atoms with Gasteiger partial charge in [0, 0.05) is 17.0 Å². The minimum absolute atomic E-state index is 0.0939. The van der Waals surface area contributed by atoms with Gasteiger partial charge in [0.05, 0.1) is 33.6 Å². The smallest absolute Gasteiger partial charge is 0.418 e. The van der Waals surface area contributed by atoms with E-state index in [2.05, 4.69) is 9.98 Å². The van der Waals surface area contributed by atoms with Gasteiger partial charge in [-0.25, -0.2) is 14.5 Å². The van der Waals surface area contributed by atoms with Crippen molar-refractivity contribution in [1.29, 1.82) is 0 Å². The van der Waals surface area contributed by atoms with Crippen LogP contribution in [0.4, 0.5) is 18.3 Å². The number of para-hydroxylation sites is 1. The van der Waals surface area contributed by atoms with Crippen molar-refractivity contribution in [1.82, 2.24) is 9.55 Å². The van der Waals surface area contributed by atoms with Crippen LogP contribution in [0.3, 0.4) is 0 Å². The fraction of sp³-hybridized carbons (Fsp3) is 0.115. The molecule has 2 aromatic heterocycles. The molecule has 36 heavy (non-hydrogen) atoms. The summed E-state index contributed by atoms with van der Waals surface area (Å²) in [6, 6.07) is 16.4. The average molecular weight is 510 g/mol. The lowest BCUT2D eigenvalue weighted by molar-refractivity contribution is -0.137. The van der Waals surface area contributed by atoms with Gasteiger partial charge in [-0.3, -0.25) is 4.79 Å². The molecule has 5 rings (SSSR count). The first-order valence-electron chi connectivity index (χ1n) is 10.9. The van der Waals surface area contributed by atoms with Crippen molar-refractivity contribution in [2.45, 2.75) is 13.1 Å². The molecule has 0 bridgehead atoms. The van der Waals surface area contributed by atoms with E-state index in [-0.39, 0.29) is 10.9 Å². The molecule has 0 radical (unpaired) electrons. The van der Waals surface area contributed by atoms with Gasteiger partial charge in [0.2, 0.25) is 11.0 Å². The van der Waals surface area contributed by atoms with Crippen LogP contribution in [0.1, 0.15) is 18.1 Å². The van der Waals surface area contributed by atoms with E-state index in [4.69, 9.17) is 4.74 Å². The monoisotopic (exact) mass is 509 g/mol. The first kappa shape index (κ1) is 23.6. The molecule has 0 aliphatic heterocycles. The summed E-state index contributed by atoms with van der Waals surface area (Å²) >= 11 is 1.29. The lowest BCUT2D eigenvalue weighted by atomic mass is 10.1. The SMILES string of the molecule is CCOc1ccc2nc(N=Cc3c(O)n(-c4ccccc4C(F)(F)F)c(=O)c4ccccc34)sc2c1. The van der Waals surface area contributed by atoms with E-state index in [0.717, 1.165) is 16.8 Å². The highest BCUT2D eigenvalue weighted by molar-refractivity contribution is 7.22. The first-order chi connectivity index (χ1) is 17.3. The van der Waals surface area contributed by atoms with Crippen LogP contribution in [0.15, 0.2) is 76.5 Å². The zero-order valence-electron chi connectivity index (χ0n) is 18.8. The van der Waals surface area contributed by atoms with Gasteiger partial charge in [-0.1, -0.05) is 41.7 Å². The molecule has 0 unspecified atom stereocenters. The summed E-state index contributed by atoms with van der Waals surface area (Å²) in [6.07, 6.45) is -3.42. The number of alkyl halides is 3. The van der Waals surface area contributed by atoms with Crippen LogP contribution in [0.5, 0.6) is 11.6 Å². The molecule has 182 valence electrons. The Kier molecular flexibility index (Phi) is 5.97. The number of nitrogens with zero attached hydrogens (tertiary/aromatic N) is 3. The van der Waals surface area contributed by atoms with Crippen molar-refractivity contribution in [2.75, 3.05) is 6.61 Å². The van der Waals surface area contributed by atoms with E-state index in [1.807, 2.05) is 13.0 Å². The lowest BCUT2D eigenvalue weighted by Crippen LogP contribution is -2.23. The van der Waals surface area contributed by atoms with E-state index in [1.54, 1.807) is 30.3 Å². The van der Waals surface area contributed by atoms with Crippen LogP contribution < -0.4 is 10.3 Å². The fourth-order valence-electron chi connectivity index (χ4n) is 3.95. The maximum absolute atomic E-state index is 13.7. The Morgan fingerprint density at radius 3 is 2.56 bits per heavy atom. The highest BCUT2D eigenvalue weighted by Gasteiger charge is 2.34. The third kappa shape index (κ3) is 4.20. The number of aromatic hydroxyl groups is 1. The van der Waals surface area contributed by atoms with Gasteiger partial charge < -0.3 is 9.84 Å². The van der Waals surface area contributed by atoms with Crippen molar-refractivity contribution in [3.63, 3.8) is 0 Å². The summed E-state index contributed by atoms with van der Waals surface area (Å²) in [5, 5.41) is 12.0. The maximum atomic E-state index is 13.7. The molecule has 0 saturated carbocycles. The number of hydrogen-bond donors (Lipinski definition) is 1. The average Bonchev–Trinajstić information content (AvgIpc) is 3.26. The third-order valence-corrected chi connectivity index (χ3v) is 6.44. The second kappa shape index (κ2) is 9.12. The number of aliphatic imine (C=N–C) groups is 1. The molecule has 3 aromatic carbocycles. The topological polar surface area (TPSA) is 76.7 Å².